The van der Waals surface area contributed by atoms with E-state index >= 15 is 0 Å². The first-order valence-corrected chi connectivity index (χ1v) is 7.67. The van der Waals surface area contributed by atoms with Crippen LogP contribution in [0, 0.1) is 3.57 Å². The second kappa shape index (κ2) is 6.14. The molecule has 0 bridgehead atoms. The van der Waals surface area contributed by atoms with Crippen molar-refractivity contribution in [3.05, 3.63) is 54.2 Å². The van der Waals surface area contributed by atoms with Crippen molar-refractivity contribution in [2.75, 3.05) is 0 Å². The molecule has 0 spiro atoms. The van der Waals surface area contributed by atoms with Gasteiger partial charge in [0.2, 0.25) is 0 Å². The maximum Gasteiger partial charge on any atom is 0.0303 e. The van der Waals surface area contributed by atoms with Crippen LogP contribution in [0.1, 0.15) is 10.4 Å². The summed E-state index contributed by atoms with van der Waals surface area (Å²) in [6.45, 7) is 1.86. The van der Waals surface area contributed by atoms with E-state index in [2.05, 4.69) is 79.5 Å². The van der Waals surface area contributed by atoms with Crippen molar-refractivity contribution in [1.29, 1.82) is 0 Å². The van der Waals surface area contributed by atoms with E-state index in [4.69, 9.17) is 0 Å². The van der Waals surface area contributed by atoms with Gasteiger partial charge in [-0.05, 0) is 62.3 Å². The zero-order valence-electron chi connectivity index (χ0n) is 8.54. The van der Waals surface area contributed by atoms with E-state index in [0.29, 0.717) is 0 Å². The predicted molar refractivity (Wildman–Crippen MR) is 81.7 cm³/mol. The van der Waals surface area contributed by atoms with Gasteiger partial charge >= 0.3 is 0 Å². The minimum absolute atomic E-state index is 0.923. The number of thiophene rings is 1. The molecule has 0 aliphatic carbocycles. The van der Waals surface area contributed by atoms with Crippen molar-refractivity contribution in [2.24, 2.45) is 0 Å². The van der Waals surface area contributed by atoms with Gasteiger partial charge in [-0.15, -0.1) is 11.3 Å². The van der Waals surface area contributed by atoms with Gasteiger partial charge in [-0.2, -0.15) is 0 Å². The first kappa shape index (κ1) is 12.5. The van der Waals surface area contributed by atoms with Crippen LogP contribution in [0.25, 0.3) is 0 Å². The van der Waals surface area contributed by atoms with Crippen molar-refractivity contribution >= 4 is 49.9 Å². The summed E-state index contributed by atoms with van der Waals surface area (Å²) in [5, 5.41) is 5.55. The quantitative estimate of drug-likeness (QED) is 0.740. The summed E-state index contributed by atoms with van der Waals surface area (Å²) in [5.74, 6) is 0. The summed E-state index contributed by atoms with van der Waals surface area (Å²) < 4.78 is 2.45. The highest BCUT2D eigenvalue weighted by Gasteiger charge is 1.97. The standard InChI is InChI=1S/C12H11BrINS/c13-10-5-12(16-8-10)7-15-6-9-1-3-11(14)4-2-9/h1-5,8,15H,6-7H2. The number of rotatable bonds is 4. The molecule has 0 unspecified atom stereocenters. The topological polar surface area (TPSA) is 12.0 Å². The molecular weight excluding hydrogens is 397 g/mol. The van der Waals surface area contributed by atoms with Gasteiger partial charge in [0.15, 0.2) is 0 Å². The Morgan fingerprint density at radius 3 is 2.56 bits per heavy atom. The van der Waals surface area contributed by atoms with Crippen molar-refractivity contribution in [2.45, 2.75) is 13.1 Å². The lowest BCUT2D eigenvalue weighted by molar-refractivity contribution is 0.701. The van der Waals surface area contributed by atoms with E-state index in [1.165, 1.54) is 18.5 Å². The molecule has 0 radical (unpaired) electrons. The van der Waals surface area contributed by atoms with Gasteiger partial charge in [0.05, 0.1) is 0 Å². The Morgan fingerprint density at radius 1 is 1.19 bits per heavy atom. The molecule has 2 aromatic rings. The molecule has 1 N–H and O–H groups in total. The van der Waals surface area contributed by atoms with Crippen LogP contribution in [0.15, 0.2) is 40.2 Å². The van der Waals surface area contributed by atoms with E-state index in [-0.39, 0.29) is 0 Å². The molecule has 0 fully saturated rings. The lowest BCUT2D eigenvalue weighted by Crippen LogP contribution is -2.11. The Morgan fingerprint density at radius 2 is 1.94 bits per heavy atom. The molecule has 16 heavy (non-hydrogen) atoms. The van der Waals surface area contributed by atoms with Gasteiger partial charge in [-0.25, -0.2) is 0 Å². The molecule has 84 valence electrons. The summed E-state index contributed by atoms with van der Waals surface area (Å²) in [6.07, 6.45) is 0. The van der Waals surface area contributed by atoms with Gasteiger partial charge in [0.25, 0.3) is 0 Å². The maximum absolute atomic E-state index is 3.46. The highest BCUT2D eigenvalue weighted by molar-refractivity contribution is 14.1. The number of halogens is 2. The first-order chi connectivity index (χ1) is 7.74. The van der Waals surface area contributed by atoms with Crippen molar-refractivity contribution < 1.29 is 0 Å². The van der Waals surface area contributed by atoms with Crippen LogP contribution >= 0.6 is 49.9 Å². The third kappa shape index (κ3) is 3.84. The highest BCUT2D eigenvalue weighted by Crippen LogP contribution is 2.19. The molecule has 4 heteroatoms. The number of hydrogen-bond acceptors (Lipinski definition) is 2. The summed E-state index contributed by atoms with van der Waals surface area (Å²) >= 11 is 7.56. The molecule has 0 atom stereocenters. The molecule has 0 amide bonds. The van der Waals surface area contributed by atoms with Crippen LogP contribution in [-0.4, -0.2) is 0 Å². The Labute approximate surface area is 122 Å². The van der Waals surface area contributed by atoms with Crippen LogP contribution in [-0.2, 0) is 13.1 Å². The van der Waals surface area contributed by atoms with Gasteiger partial charge in [-0.3, -0.25) is 0 Å². The van der Waals surface area contributed by atoms with E-state index in [1.54, 1.807) is 11.3 Å². The molecule has 2 rings (SSSR count). The molecular formula is C12H11BrINS. The second-order valence-corrected chi connectivity index (χ2v) is 6.62. The fourth-order valence-corrected chi connectivity index (χ4v) is 3.16. The number of benzene rings is 1. The Balaban J connectivity index is 1.82. The summed E-state index contributed by atoms with van der Waals surface area (Å²) in [7, 11) is 0. The molecule has 0 saturated carbocycles. The average molecular weight is 408 g/mol. The van der Waals surface area contributed by atoms with Crippen molar-refractivity contribution in [1.82, 2.24) is 5.32 Å². The zero-order valence-corrected chi connectivity index (χ0v) is 13.1. The Hall–Kier alpha value is 0.0900. The van der Waals surface area contributed by atoms with Crippen molar-refractivity contribution in [3.8, 4) is 0 Å². The minimum atomic E-state index is 0.923. The fourth-order valence-electron chi connectivity index (χ4n) is 1.38. The zero-order chi connectivity index (χ0) is 11.4. The molecule has 0 aliphatic heterocycles. The molecule has 0 aliphatic rings. The first-order valence-electron chi connectivity index (χ1n) is 4.92. The summed E-state index contributed by atoms with van der Waals surface area (Å²) in [5.41, 5.74) is 1.33. The molecule has 1 nitrogen and oxygen atoms in total. The van der Waals surface area contributed by atoms with Crippen LogP contribution in [0.2, 0.25) is 0 Å². The van der Waals surface area contributed by atoms with Gasteiger partial charge < -0.3 is 5.32 Å². The Kier molecular flexibility index (Phi) is 4.81. The molecule has 1 heterocycles. The molecule has 1 aromatic heterocycles. The monoisotopic (exact) mass is 407 g/mol. The fraction of sp³-hybridized carbons (Fsp3) is 0.167. The SMILES string of the molecule is Brc1csc(CNCc2ccc(I)cc2)c1. The van der Waals surface area contributed by atoms with Crippen LogP contribution in [0.3, 0.4) is 0 Å². The van der Waals surface area contributed by atoms with Gasteiger partial charge in [0.1, 0.15) is 0 Å². The van der Waals surface area contributed by atoms with E-state index < -0.39 is 0 Å². The van der Waals surface area contributed by atoms with Crippen LogP contribution in [0.5, 0.6) is 0 Å². The van der Waals surface area contributed by atoms with E-state index in [1.807, 2.05) is 0 Å². The normalized spacial score (nSPS) is 10.6. The largest absolute Gasteiger partial charge is 0.308 e. The number of nitrogens with one attached hydrogen (secondary N) is 1. The van der Waals surface area contributed by atoms with Crippen molar-refractivity contribution in [3.63, 3.8) is 0 Å². The average Bonchev–Trinajstić information content (AvgIpc) is 2.67. The predicted octanol–water partition coefficient (Wildman–Crippen LogP) is 4.41. The third-order valence-electron chi connectivity index (χ3n) is 2.16. The van der Waals surface area contributed by atoms with E-state index in [0.717, 1.165) is 13.1 Å². The molecule has 1 aromatic carbocycles. The highest BCUT2D eigenvalue weighted by atomic mass is 127. The summed E-state index contributed by atoms with van der Waals surface area (Å²) in [4.78, 5) is 1.36. The molecule has 0 saturated heterocycles. The number of hydrogen-bond donors (Lipinski definition) is 1. The minimum Gasteiger partial charge on any atom is -0.308 e. The second-order valence-electron chi connectivity index (χ2n) is 3.46. The van der Waals surface area contributed by atoms with Gasteiger partial charge in [-0.1, -0.05) is 12.1 Å². The van der Waals surface area contributed by atoms with Crippen LogP contribution < -0.4 is 5.32 Å². The van der Waals surface area contributed by atoms with Crippen LogP contribution in [0.4, 0.5) is 0 Å². The third-order valence-corrected chi connectivity index (χ3v) is 4.58. The maximum atomic E-state index is 3.46. The smallest absolute Gasteiger partial charge is 0.0303 e. The lowest BCUT2D eigenvalue weighted by Gasteiger charge is -2.03. The van der Waals surface area contributed by atoms with E-state index in [9.17, 15) is 0 Å². The Bertz CT molecular complexity index is 452. The van der Waals surface area contributed by atoms with Gasteiger partial charge in [0, 0.05) is 31.4 Å². The summed E-state index contributed by atoms with van der Waals surface area (Å²) in [6, 6.07) is 10.8. The lowest BCUT2D eigenvalue weighted by atomic mass is 10.2.